The summed E-state index contributed by atoms with van der Waals surface area (Å²) in [6.07, 6.45) is 6.33. The van der Waals surface area contributed by atoms with E-state index in [-0.39, 0.29) is 29.3 Å². The van der Waals surface area contributed by atoms with Gasteiger partial charge in [-0.2, -0.15) is 0 Å². The molecule has 1 aliphatic rings. The second-order valence-electron chi connectivity index (χ2n) is 5.55. The molecule has 1 aromatic rings. The molecule has 0 saturated carbocycles. The first-order valence-electron chi connectivity index (χ1n) is 7.73. The predicted octanol–water partition coefficient (Wildman–Crippen LogP) is 4.59. The molecule has 124 valence electrons. The fraction of sp³-hybridized carbons (Fsp3) is 0.529. The summed E-state index contributed by atoms with van der Waals surface area (Å²) in [5, 5.41) is 3.57. The third kappa shape index (κ3) is 5.54. The monoisotopic (exact) mass is 346 g/mol. The van der Waals surface area contributed by atoms with Gasteiger partial charge in [-0.15, -0.1) is 19.0 Å². The fourth-order valence-electron chi connectivity index (χ4n) is 2.90. The van der Waals surface area contributed by atoms with Crippen LogP contribution in [0.1, 0.15) is 37.3 Å². The van der Waals surface area contributed by atoms with Gasteiger partial charge in [-0.3, -0.25) is 4.90 Å². The van der Waals surface area contributed by atoms with E-state index >= 15 is 0 Å². The van der Waals surface area contributed by atoms with Gasteiger partial charge in [-0.05, 0) is 37.0 Å². The van der Waals surface area contributed by atoms with Crippen molar-refractivity contribution < 1.29 is 4.39 Å². The molecule has 0 amide bonds. The van der Waals surface area contributed by atoms with Crippen LogP contribution in [0.25, 0.3) is 0 Å². The van der Waals surface area contributed by atoms with Gasteiger partial charge in [0.05, 0.1) is 5.02 Å². The smallest absolute Gasteiger partial charge is 0.142 e. The van der Waals surface area contributed by atoms with Crippen molar-refractivity contribution in [3.05, 3.63) is 47.3 Å². The average molecular weight is 347 g/mol. The van der Waals surface area contributed by atoms with E-state index in [0.717, 1.165) is 57.4 Å². The Balaban J connectivity index is 0.00000242. The topological polar surface area (TPSA) is 15.3 Å². The highest BCUT2D eigenvalue weighted by Gasteiger charge is 2.22. The number of rotatable bonds is 7. The van der Waals surface area contributed by atoms with E-state index in [1.807, 2.05) is 12.1 Å². The molecule has 0 bridgehead atoms. The predicted molar refractivity (Wildman–Crippen MR) is 94.5 cm³/mol. The Morgan fingerprint density at radius 3 is 2.68 bits per heavy atom. The second-order valence-corrected chi connectivity index (χ2v) is 5.96. The first-order valence-corrected chi connectivity index (χ1v) is 8.11. The summed E-state index contributed by atoms with van der Waals surface area (Å²) in [7, 11) is 0. The molecule has 1 aromatic carbocycles. The van der Waals surface area contributed by atoms with Crippen molar-refractivity contribution in [3.8, 4) is 0 Å². The number of unbranched alkanes of at least 4 members (excludes halogenated alkanes) is 2. The lowest BCUT2D eigenvalue weighted by Gasteiger charge is -2.35. The van der Waals surface area contributed by atoms with Crippen molar-refractivity contribution in [2.75, 3.05) is 26.2 Å². The molecule has 0 spiro atoms. The first-order chi connectivity index (χ1) is 10.2. The van der Waals surface area contributed by atoms with Gasteiger partial charge in [0.1, 0.15) is 5.82 Å². The summed E-state index contributed by atoms with van der Waals surface area (Å²) in [5.41, 5.74) is 1.04. The minimum absolute atomic E-state index is 0. The molecule has 0 radical (unpaired) electrons. The van der Waals surface area contributed by atoms with Crippen molar-refractivity contribution in [1.82, 2.24) is 10.2 Å². The number of nitrogens with one attached hydrogen (secondary N) is 1. The summed E-state index contributed by atoms with van der Waals surface area (Å²) in [5.74, 6) is -0.319. The maximum Gasteiger partial charge on any atom is 0.142 e. The highest BCUT2D eigenvalue weighted by atomic mass is 35.5. The van der Waals surface area contributed by atoms with Crippen LogP contribution >= 0.6 is 24.0 Å². The Morgan fingerprint density at radius 2 is 2.05 bits per heavy atom. The SMILES string of the molecule is C=CCCCC[C@@H](c1ccc(Cl)c(F)c1)N1CCNCC1.Cl. The molecule has 2 nitrogen and oxygen atoms in total. The summed E-state index contributed by atoms with van der Waals surface area (Å²) < 4.78 is 13.8. The van der Waals surface area contributed by atoms with Crippen LogP contribution in [0, 0.1) is 5.82 Å². The number of nitrogens with zero attached hydrogens (tertiary/aromatic N) is 1. The number of allylic oxidation sites excluding steroid dienone is 1. The van der Waals surface area contributed by atoms with Gasteiger partial charge in [0.15, 0.2) is 0 Å². The lowest BCUT2D eigenvalue weighted by Crippen LogP contribution is -2.45. The van der Waals surface area contributed by atoms with Gasteiger partial charge in [0, 0.05) is 32.2 Å². The Labute approximate surface area is 144 Å². The lowest BCUT2D eigenvalue weighted by molar-refractivity contribution is 0.162. The molecule has 1 fully saturated rings. The maximum absolute atomic E-state index is 13.8. The Morgan fingerprint density at radius 1 is 1.32 bits per heavy atom. The zero-order valence-electron chi connectivity index (χ0n) is 12.9. The Hall–Kier alpha value is -0.610. The molecule has 1 atom stereocenters. The van der Waals surface area contributed by atoms with Crippen molar-refractivity contribution in [3.63, 3.8) is 0 Å². The second kappa shape index (κ2) is 10.2. The Kier molecular flexibility index (Phi) is 9.03. The van der Waals surface area contributed by atoms with Crippen LogP contribution in [-0.2, 0) is 0 Å². The molecule has 1 N–H and O–H groups in total. The minimum atomic E-state index is -0.319. The van der Waals surface area contributed by atoms with Crippen LogP contribution < -0.4 is 5.32 Å². The molecule has 1 heterocycles. The van der Waals surface area contributed by atoms with Crippen LogP contribution in [0.2, 0.25) is 5.02 Å². The highest BCUT2D eigenvalue weighted by Crippen LogP contribution is 2.29. The maximum atomic E-state index is 13.8. The van der Waals surface area contributed by atoms with Crippen LogP contribution in [0.4, 0.5) is 4.39 Å². The van der Waals surface area contributed by atoms with Gasteiger partial charge in [-0.25, -0.2) is 4.39 Å². The van der Waals surface area contributed by atoms with Crippen LogP contribution in [0.3, 0.4) is 0 Å². The largest absolute Gasteiger partial charge is 0.314 e. The van der Waals surface area contributed by atoms with Gasteiger partial charge in [0.25, 0.3) is 0 Å². The van der Waals surface area contributed by atoms with E-state index in [9.17, 15) is 4.39 Å². The summed E-state index contributed by atoms with van der Waals surface area (Å²) in [6, 6.07) is 5.52. The number of benzene rings is 1. The molecule has 1 aliphatic heterocycles. The Bertz CT molecular complexity index is 462. The molecule has 1 saturated heterocycles. The van der Waals surface area contributed by atoms with Crippen molar-refractivity contribution in [2.24, 2.45) is 0 Å². The van der Waals surface area contributed by atoms with Crippen molar-refractivity contribution in [1.29, 1.82) is 0 Å². The van der Waals surface area contributed by atoms with Crippen LogP contribution in [-0.4, -0.2) is 31.1 Å². The quantitative estimate of drug-likeness (QED) is 0.573. The van der Waals surface area contributed by atoms with E-state index in [4.69, 9.17) is 11.6 Å². The number of halogens is 3. The summed E-state index contributed by atoms with van der Waals surface area (Å²) in [4.78, 5) is 2.45. The summed E-state index contributed by atoms with van der Waals surface area (Å²) in [6.45, 7) is 7.78. The zero-order valence-corrected chi connectivity index (χ0v) is 14.4. The number of hydrogen-bond donors (Lipinski definition) is 1. The van der Waals surface area contributed by atoms with Gasteiger partial charge in [0.2, 0.25) is 0 Å². The molecule has 0 unspecified atom stereocenters. The molecule has 2 rings (SSSR count). The molecular weight excluding hydrogens is 322 g/mol. The van der Waals surface area contributed by atoms with E-state index in [1.54, 1.807) is 12.1 Å². The van der Waals surface area contributed by atoms with Gasteiger partial charge < -0.3 is 5.32 Å². The van der Waals surface area contributed by atoms with E-state index in [0.29, 0.717) is 0 Å². The van der Waals surface area contributed by atoms with Crippen molar-refractivity contribution in [2.45, 2.75) is 31.7 Å². The fourth-order valence-corrected chi connectivity index (χ4v) is 3.02. The van der Waals surface area contributed by atoms with Crippen molar-refractivity contribution >= 4 is 24.0 Å². The number of hydrogen-bond acceptors (Lipinski definition) is 2. The average Bonchev–Trinajstić information content (AvgIpc) is 2.51. The zero-order chi connectivity index (χ0) is 15.1. The molecule has 22 heavy (non-hydrogen) atoms. The molecular formula is C17H25Cl2FN2. The van der Waals surface area contributed by atoms with Gasteiger partial charge >= 0.3 is 0 Å². The van der Waals surface area contributed by atoms with E-state index in [1.165, 1.54) is 0 Å². The number of piperazine rings is 1. The third-order valence-corrected chi connectivity index (χ3v) is 4.36. The van der Waals surface area contributed by atoms with Crippen LogP contribution in [0.15, 0.2) is 30.9 Å². The standard InChI is InChI=1S/C17H24ClFN2.ClH/c1-2-3-4-5-6-17(21-11-9-20-10-12-21)14-7-8-15(18)16(19)13-14;/h2,7-8,13,17,20H,1,3-6,9-12H2;1H/t17-;/m0./s1. The highest BCUT2D eigenvalue weighted by molar-refractivity contribution is 6.30. The minimum Gasteiger partial charge on any atom is -0.314 e. The molecule has 5 heteroatoms. The van der Waals surface area contributed by atoms with Gasteiger partial charge in [-0.1, -0.05) is 30.2 Å². The summed E-state index contributed by atoms with van der Waals surface area (Å²) >= 11 is 5.81. The lowest BCUT2D eigenvalue weighted by atomic mass is 9.98. The van der Waals surface area contributed by atoms with Crippen LogP contribution in [0.5, 0.6) is 0 Å². The molecule has 0 aliphatic carbocycles. The van der Waals surface area contributed by atoms with E-state index in [2.05, 4.69) is 16.8 Å². The normalized spacial score (nSPS) is 16.8. The first kappa shape index (κ1) is 19.4. The van der Waals surface area contributed by atoms with E-state index < -0.39 is 0 Å². The third-order valence-electron chi connectivity index (χ3n) is 4.06. The molecule has 0 aromatic heterocycles.